The number of rotatable bonds is 5. The number of piperidine rings is 2. The Bertz CT molecular complexity index is 998. The zero-order chi connectivity index (χ0) is 22.7. The van der Waals surface area contributed by atoms with E-state index >= 15 is 0 Å². The Balaban J connectivity index is 1.52. The van der Waals surface area contributed by atoms with Crippen LogP contribution in [0.2, 0.25) is 0 Å². The molecule has 4 rings (SSSR count). The van der Waals surface area contributed by atoms with Crippen LogP contribution in [0.4, 0.5) is 5.69 Å². The van der Waals surface area contributed by atoms with Gasteiger partial charge in [-0.25, -0.2) is 0 Å². The van der Waals surface area contributed by atoms with E-state index in [1.165, 1.54) is 12.5 Å². The van der Waals surface area contributed by atoms with Gasteiger partial charge in [0.1, 0.15) is 0 Å². The summed E-state index contributed by atoms with van der Waals surface area (Å²) in [4.78, 5) is 39.0. The molecule has 0 aromatic heterocycles. The molecule has 2 aromatic rings. The molecule has 2 N–H and O–H groups in total. The molecule has 0 saturated carbocycles. The minimum Gasteiger partial charge on any atom is -0.326 e. The largest absolute Gasteiger partial charge is 0.326 e. The van der Waals surface area contributed by atoms with Gasteiger partial charge in [0.15, 0.2) is 0 Å². The third-order valence-corrected chi connectivity index (χ3v) is 7.26. The number of imide groups is 1. The molecule has 2 saturated heterocycles. The second-order valence-corrected chi connectivity index (χ2v) is 9.70. The Kier molecular flexibility index (Phi) is 6.76. The topological polar surface area (TPSA) is 78.5 Å². The molecular formula is C25H28BrN3O3. The van der Waals surface area contributed by atoms with Gasteiger partial charge in [-0.3, -0.25) is 24.6 Å². The lowest BCUT2D eigenvalue weighted by molar-refractivity contribution is -0.140. The summed E-state index contributed by atoms with van der Waals surface area (Å²) in [5, 5.41) is 5.38. The second-order valence-electron chi connectivity index (χ2n) is 8.78. The zero-order valence-electron chi connectivity index (χ0n) is 18.2. The van der Waals surface area contributed by atoms with Gasteiger partial charge >= 0.3 is 0 Å². The first-order valence-electron chi connectivity index (χ1n) is 11.1. The SMILES string of the molecule is CC(=O)Nc1ccc(C2(C3CCN(Cc4ccc(Br)cc4)CC3)CCC(=O)NC2=O)cc1. The van der Waals surface area contributed by atoms with Gasteiger partial charge in [0, 0.05) is 30.0 Å². The summed E-state index contributed by atoms with van der Waals surface area (Å²) in [6.07, 6.45) is 2.66. The van der Waals surface area contributed by atoms with Crippen LogP contribution < -0.4 is 10.6 Å². The maximum Gasteiger partial charge on any atom is 0.237 e. The molecule has 168 valence electrons. The number of carbonyl (C=O) groups is 3. The number of nitrogens with one attached hydrogen (secondary N) is 2. The highest BCUT2D eigenvalue weighted by atomic mass is 79.9. The van der Waals surface area contributed by atoms with Crippen LogP contribution >= 0.6 is 15.9 Å². The van der Waals surface area contributed by atoms with E-state index in [9.17, 15) is 14.4 Å². The standard InChI is InChI=1S/C25H28BrN3O3/c1-17(30)27-22-8-4-19(5-9-22)25(13-10-23(31)28-24(25)32)20-11-14-29(15-12-20)16-18-2-6-21(26)7-3-18/h2-9,20H,10-16H2,1H3,(H,27,30)(H,28,31,32). The Morgan fingerprint density at radius 1 is 1.09 bits per heavy atom. The van der Waals surface area contributed by atoms with Crippen molar-refractivity contribution in [2.75, 3.05) is 18.4 Å². The summed E-state index contributed by atoms with van der Waals surface area (Å²) in [6, 6.07) is 15.9. The van der Waals surface area contributed by atoms with Crippen molar-refractivity contribution in [2.45, 2.75) is 44.6 Å². The fourth-order valence-electron chi connectivity index (χ4n) is 5.11. The number of hydrogen-bond acceptors (Lipinski definition) is 4. The van der Waals surface area contributed by atoms with Crippen molar-refractivity contribution >= 4 is 39.3 Å². The molecule has 1 unspecified atom stereocenters. The maximum absolute atomic E-state index is 13.3. The third kappa shape index (κ3) is 4.79. The van der Waals surface area contributed by atoms with Crippen molar-refractivity contribution in [2.24, 2.45) is 5.92 Å². The molecule has 0 bridgehead atoms. The van der Waals surface area contributed by atoms with Crippen LogP contribution in [-0.2, 0) is 26.3 Å². The average Bonchev–Trinajstić information content (AvgIpc) is 2.77. The Morgan fingerprint density at radius 3 is 2.34 bits per heavy atom. The van der Waals surface area contributed by atoms with Crippen molar-refractivity contribution in [1.29, 1.82) is 0 Å². The van der Waals surface area contributed by atoms with Gasteiger partial charge in [-0.15, -0.1) is 0 Å². The number of hydrogen-bond donors (Lipinski definition) is 2. The predicted octanol–water partition coefficient (Wildman–Crippen LogP) is 3.99. The molecule has 3 amide bonds. The summed E-state index contributed by atoms with van der Waals surface area (Å²) >= 11 is 3.48. The number of anilines is 1. The smallest absolute Gasteiger partial charge is 0.237 e. The van der Waals surface area contributed by atoms with Crippen LogP contribution in [0.1, 0.15) is 43.7 Å². The molecule has 6 nitrogen and oxygen atoms in total. The van der Waals surface area contributed by atoms with Crippen LogP contribution in [0, 0.1) is 5.92 Å². The van der Waals surface area contributed by atoms with E-state index in [1.807, 2.05) is 24.3 Å². The average molecular weight is 498 g/mol. The van der Waals surface area contributed by atoms with Crippen LogP contribution in [0.5, 0.6) is 0 Å². The molecule has 1 atom stereocenters. The minimum absolute atomic E-state index is 0.133. The molecule has 7 heteroatoms. The quantitative estimate of drug-likeness (QED) is 0.612. The van der Waals surface area contributed by atoms with Gasteiger partial charge in [-0.1, -0.05) is 40.2 Å². The molecule has 2 aliphatic heterocycles. The summed E-state index contributed by atoms with van der Waals surface area (Å²) in [5.74, 6) is -0.365. The fourth-order valence-corrected chi connectivity index (χ4v) is 5.38. The second kappa shape index (κ2) is 9.55. The minimum atomic E-state index is -0.716. The van der Waals surface area contributed by atoms with Crippen LogP contribution in [-0.4, -0.2) is 35.7 Å². The van der Waals surface area contributed by atoms with E-state index in [1.54, 1.807) is 0 Å². The van der Waals surface area contributed by atoms with Crippen LogP contribution in [0.3, 0.4) is 0 Å². The fraction of sp³-hybridized carbons (Fsp3) is 0.400. The number of nitrogens with zero attached hydrogens (tertiary/aromatic N) is 1. The summed E-state index contributed by atoms with van der Waals surface area (Å²) in [6.45, 7) is 4.18. The molecule has 2 heterocycles. The zero-order valence-corrected chi connectivity index (χ0v) is 19.8. The van der Waals surface area contributed by atoms with Crippen molar-refractivity contribution in [3.05, 3.63) is 64.1 Å². The lowest BCUT2D eigenvalue weighted by atomic mass is 9.62. The van der Waals surface area contributed by atoms with Crippen LogP contribution in [0.15, 0.2) is 53.0 Å². The van der Waals surface area contributed by atoms with Crippen molar-refractivity contribution in [3.63, 3.8) is 0 Å². The summed E-state index contributed by atoms with van der Waals surface area (Å²) < 4.78 is 1.07. The highest BCUT2D eigenvalue weighted by Crippen LogP contribution is 2.44. The van der Waals surface area contributed by atoms with E-state index in [0.717, 1.165) is 42.5 Å². The van der Waals surface area contributed by atoms with Gasteiger partial charge in [0.2, 0.25) is 17.7 Å². The van der Waals surface area contributed by atoms with Gasteiger partial charge in [-0.2, -0.15) is 0 Å². The number of carbonyl (C=O) groups excluding carboxylic acids is 3. The Labute approximate surface area is 196 Å². The highest BCUT2D eigenvalue weighted by molar-refractivity contribution is 9.10. The maximum atomic E-state index is 13.3. The van der Waals surface area contributed by atoms with Gasteiger partial charge < -0.3 is 5.32 Å². The summed E-state index contributed by atoms with van der Waals surface area (Å²) in [7, 11) is 0. The monoisotopic (exact) mass is 497 g/mol. The number of amides is 3. The lowest BCUT2D eigenvalue weighted by Gasteiger charge is -2.45. The van der Waals surface area contributed by atoms with E-state index in [0.29, 0.717) is 18.5 Å². The molecule has 0 radical (unpaired) electrons. The van der Waals surface area contributed by atoms with Crippen molar-refractivity contribution in [3.8, 4) is 0 Å². The Morgan fingerprint density at radius 2 is 1.75 bits per heavy atom. The van der Waals surface area contributed by atoms with E-state index < -0.39 is 5.41 Å². The first kappa shape index (κ1) is 22.7. The molecular weight excluding hydrogens is 470 g/mol. The lowest BCUT2D eigenvalue weighted by Crippen LogP contribution is -2.57. The predicted molar refractivity (Wildman–Crippen MR) is 127 cm³/mol. The molecule has 0 spiro atoms. The van der Waals surface area contributed by atoms with Crippen molar-refractivity contribution < 1.29 is 14.4 Å². The van der Waals surface area contributed by atoms with Gasteiger partial charge in [0.05, 0.1) is 5.41 Å². The first-order valence-corrected chi connectivity index (χ1v) is 11.9. The third-order valence-electron chi connectivity index (χ3n) is 6.73. The Hall–Kier alpha value is -2.51. The number of benzene rings is 2. The highest BCUT2D eigenvalue weighted by Gasteiger charge is 2.50. The first-order chi connectivity index (χ1) is 15.4. The van der Waals surface area contributed by atoms with E-state index in [4.69, 9.17) is 0 Å². The molecule has 0 aliphatic carbocycles. The van der Waals surface area contributed by atoms with Crippen LogP contribution in [0.25, 0.3) is 0 Å². The molecule has 32 heavy (non-hydrogen) atoms. The molecule has 2 aliphatic rings. The van der Waals surface area contributed by atoms with E-state index in [2.05, 4.69) is 55.7 Å². The van der Waals surface area contributed by atoms with Gasteiger partial charge in [0.25, 0.3) is 0 Å². The van der Waals surface area contributed by atoms with Gasteiger partial charge in [-0.05, 0) is 73.7 Å². The molecule has 2 aromatic carbocycles. The number of likely N-dealkylation sites (tertiary alicyclic amines) is 1. The molecule has 2 fully saturated rings. The van der Waals surface area contributed by atoms with E-state index in [-0.39, 0.29) is 23.6 Å². The number of halogens is 1. The van der Waals surface area contributed by atoms with Crippen molar-refractivity contribution in [1.82, 2.24) is 10.2 Å². The normalized spacial score (nSPS) is 22.4. The summed E-state index contributed by atoms with van der Waals surface area (Å²) in [5.41, 5.74) is 2.18.